The third kappa shape index (κ3) is 3.20. The molecule has 28 heavy (non-hydrogen) atoms. The molecule has 1 amide bonds. The van der Waals surface area contributed by atoms with Crippen LogP contribution in [0.2, 0.25) is 0 Å². The van der Waals surface area contributed by atoms with Crippen LogP contribution < -0.4 is 0 Å². The molecule has 8 nitrogen and oxygen atoms in total. The van der Waals surface area contributed by atoms with E-state index in [-0.39, 0.29) is 11.9 Å². The van der Waals surface area contributed by atoms with Gasteiger partial charge in [-0.05, 0) is 24.5 Å². The number of fused-ring (bicyclic) bond motifs is 1. The molecular weight excluding hydrogens is 356 g/mol. The van der Waals surface area contributed by atoms with Gasteiger partial charge >= 0.3 is 0 Å². The second kappa shape index (κ2) is 7.20. The van der Waals surface area contributed by atoms with Crippen LogP contribution in [0, 0.1) is 0 Å². The molecule has 1 atom stereocenters. The zero-order chi connectivity index (χ0) is 18.9. The highest BCUT2D eigenvalue weighted by Gasteiger charge is 2.33. The van der Waals surface area contributed by atoms with Crippen molar-refractivity contribution in [3.05, 3.63) is 65.5 Å². The van der Waals surface area contributed by atoms with Gasteiger partial charge in [0.1, 0.15) is 12.4 Å². The summed E-state index contributed by atoms with van der Waals surface area (Å²) in [4.78, 5) is 19.4. The molecule has 8 heteroatoms. The van der Waals surface area contributed by atoms with Gasteiger partial charge < -0.3 is 9.64 Å². The highest BCUT2D eigenvalue weighted by atomic mass is 16.5. The number of benzene rings is 1. The Balaban J connectivity index is 1.36. The van der Waals surface area contributed by atoms with E-state index in [1.54, 1.807) is 15.9 Å². The molecule has 1 aromatic carbocycles. The standard InChI is InChI=1S/C20H22N6O2/c27-20(17-11-16-7-4-8-26(16)22-17)25-9-10-28-13-18(25)19-21-14-24(23-19)12-15-5-2-1-3-6-15/h1-3,5-6,11,14,18H,4,7-10,12-13H2. The average Bonchev–Trinajstić information content (AvgIpc) is 3.44. The highest BCUT2D eigenvalue weighted by molar-refractivity contribution is 5.92. The molecule has 4 heterocycles. The van der Waals surface area contributed by atoms with Gasteiger partial charge in [0.2, 0.25) is 0 Å². The predicted molar refractivity (Wildman–Crippen MR) is 101 cm³/mol. The van der Waals surface area contributed by atoms with Crippen LogP contribution in [0.4, 0.5) is 0 Å². The Morgan fingerprint density at radius 2 is 2.07 bits per heavy atom. The van der Waals surface area contributed by atoms with Gasteiger partial charge in [-0.25, -0.2) is 9.67 Å². The maximum absolute atomic E-state index is 13.1. The lowest BCUT2D eigenvalue weighted by atomic mass is 10.2. The first-order valence-electron chi connectivity index (χ1n) is 9.66. The lowest BCUT2D eigenvalue weighted by Crippen LogP contribution is -2.44. The number of carbonyl (C=O) groups excluding carboxylic acids is 1. The normalized spacial score (nSPS) is 19.0. The number of hydrogen-bond donors (Lipinski definition) is 0. The Morgan fingerprint density at radius 1 is 1.18 bits per heavy atom. The molecule has 5 rings (SSSR count). The van der Waals surface area contributed by atoms with Crippen molar-refractivity contribution in [2.45, 2.75) is 32.0 Å². The Hall–Kier alpha value is -3.00. The molecule has 0 N–H and O–H groups in total. The minimum atomic E-state index is -0.296. The summed E-state index contributed by atoms with van der Waals surface area (Å²) in [5.74, 6) is 0.533. The van der Waals surface area contributed by atoms with Crippen LogP contribution in [0.5, 0.6) is 0 Å². The topological polar surface area (TPSA) is 78.1 Å². The molecule has 2 aliphatic heterocycles. The summed E-state index contributed by atoms with van der Waals surface area (Å²) >= 11 is 0. The molecule has 0 saturated carbocycles. The molecule has 144 valence electrons. The molecule has 0 bridgehead atoms. The van der Waals surface area contributed by atoms with Crippen LogP contribution >= 0.6 is 0 Å². The van der Waals surface area contributed by atoms with Crippen LogP contribution in [-0.4, -0.2) is 55.1 Å². The number of aromatic nitrogens is 5. The maximum Gasteiger partial charge on any atom is 0.275 e. The number of nitrogens with zero attached hydrogens (tertiary/aromatic N) is 6. The fourth-order valence-electron chi connectivity index (χ4n) is 3.88. The molecule has 0 aliphatic carbocycles. The third-order valence-corrected chi connectivity index (χ3v) is 5.31. The van der Waals surface area contributed by atoms with Crippen LogP contribution in [0.25, 0.3) is 0 Å². The van der Waals surface area contributed by atoms with E-state index in [1.165, 1.54) is 0 Å². The molecule has 2 aromatic heterocycles. The van der Waals surface area contributed by atoms with Crippen molar-refractivity contribution >= 4 is 5.91 Å². The minimum absolute atomic E-state index is 0.0744. The summed E-state index contributed by atoms with van der Waals surface area (Å²) in [6, 6.07) is 11.7. The Morgan fingerprint density at radius 3 is 2.93 bits per heavy atom. The first-order valence-corrected chi connectivity index (χ1v) is 9.66. The number of carbonyl (C=O) groups is 1. The summed E-state index contributed by atoms with van der Waals surface area (Å²) in [6.07, 6.45) is 3.79. The smallest absolute Gasteiger partial charge is 0.275 e. The van der Waals surface area contributed by atoms with E-state index in [9.17, 15) is 4.79 Å². The van der Waals surface area contributed by atoms with Crippen molar-refractivity contribution in [1.29, 1.82) is 0 Å². The van der Waals surface area contributed by atoms with E-state index in [2.05, 4.69) is 27.3 Å². The lowest BCUT2D eigenvalue weighted by Gasteiger charge is -2.33. The fourth-order valence-corrected chi connectivity index (χ4v) is 3.88. The zero-order valence-electron chi connectivity index (χ0n) is 15.6. The van der Waals surface area contributed by atoms with Crippen molar-refractivity contribution in [3.63, 3.8) is 0 Å². The van der Waals surface area contributed by atoms with Crippen molar-refractivity contribution in [3.8, 4) is 0 Å². The van der Waals surface area contributed by atoms with E-state index in [0.717, 1.165) is 30.6 Å². The van der Waals surface area contributed by atoms with E-state index < -0.39 is 0 Å². The second-order valence-electron chi connectivity index (χ2n) is 7.22. The largest absolute Gasteiger partial charge is 0.377 e. The molecule has 3 aromatic rings. The molecule has 0 spiro atoms. The van der Waals surface area contributed by atoms with Crippen LogP contribution in [0.3, 0.4) is 0 Å². The van der Waals surface area contributed by atoms with Crippen LogP contribution in [0.15, 0.2) is 42.7 Å². The fraction of sp³-hybridized carbons (Fsp3) is 0.400. The number of amides is 1. The Labute approximate surface area is 162 Å². The quantitative estimate of drug-likeness (QED) is 0.690. The summed E-state index contributed by atoms with van der Waals surface area (Å²) in [7, 11) is 0. The van der Waals surface area contributed by atoms with E-state index >= 15 is 0 Å². The van der Waals surface area contributed by atoms with Crippen LogP contribution in [0.1, 0.15) is 40.0 Å². The van der Waals surface area contributed by atoms with Gasteiger partial charge in [0, 0.05) is 18.8 Å². The van der Waals surface area contributed by atoms with Gasteiger partial charge in [0.25, 0.3) is 5.91 Å². The number of ether oxygens (including phenoxy) is 1. The van der Waals surface area contributed by atoms with Crippen molar-refractivity contribution in [1.82, 2.24) is 29.4 Å². The first kappa shape index (κ1) is 17.1. The molecule has 1 saturated heterocycles. The van der Waals surface area contributed by atoms with Gasteiger partial charge in [0.15, 0.2) is 11.5 Å². The molecular formula is C20H22N6O2. The third-order valence-electron chi connectivity index (χ3n) is 5.31. The zero-order valence-corrected chi connectivity index (χ0v) is 15.6. The molecule has 1 unspecified atom stereocenters. The summed E-state index contributed by atoms with van der Waals surface area (Å²) in [5, 5.41) is 9.11. The summed E-state index contributed by atoms with van der Waals surface area (Å²) in [6.45, 7) is 2.96. The molecule has 1 fully saturated rings. The minimum Gasteiger partial charge on any atom is -0.377 e. The molecule has 2 aliphatic rings. The van der Waals surface area contributed by atoms with Gasteiger partial charge in [-0.3, -0.25) is 9.48 Å². The summed E-state index contributed by atoms with van der Waals surface area (Å²) < 4.78 is 9.37. The van der Waals surface area contributed by atoms with Crippen molar-refractivity contribution < 1.29 is 9.53 Å². The predicted octanol–water partition coefficient (Wildman–Crippen LogP) is 1.68. The highest BCUT2D eigenvalue weighted by Crippen LogP contribution is 2.24. The number of rotatable bonds is 4. The monoisotopic (exact) mass is 378 g/mol. The van der Waals surface area contributed by atoms with Crippen molar-refractivity contribution in [2.75, 3.05) is 19.8 Å². The van der Waals surface area contributed by atoms with Crippen LogP contribution in [-0.2, 0) is 24.2 Å². The SMILES string of the molecule is O=C(c1cc2n(n1)CCC2)N1CCOCC1c1ncn(Cc2ccccc2)n1. The van der Waals surface area contributed by atoms with Gasteiger partial charge in [-0.1, -0.05) is 30.3 Å². The van der Waals surface area contributed by atoms with Gasteiger partial charge in [-0.15, -0.1) is 0 Å². The first-order chi connectivity index (χ1) is 13.8. The lowest BCUT2D eigenvalue weighted by molar-refractivity contribution is -0.00559. The van der Waals surface area contributed by atoms with Gasteiger partial charge in [-0.2, -0.15) is 10.2 Å². The van der Waals surface area contributed by atoms with E-state index in [1.807, 2.05) is 28.9 Å². The second-order valence-corrected chi connectivity index (χ2v) is 7.22. The molecule has 0 radical (unpaired) electrons. The number of aryl methyl sites for hydroxylation is 2. The average molecular weight is 378 g/mol. The maximum atomic E-state index is 13.1. The Bertz CT molecular complexity index is 958. The van der Waals surface area contributed by atoms with Gasteiger partial charge in [0.05, 0.1) is 19.8 Å². The summed E-state index contributed by atoms with van der Waals surface area (Å²) in [5.41, 5.74) is 2.79. The Kier molecular flexibility index (Phi) is 4.40. The van der Waals surface area contributed by atoms with E-state index in [0.29, 0.717) is 37.8 Å². The number of morpholine rings is 1. The van der Waals surface area contributed by atoms with E-state index in [4.69, 9.17) is 4.74 Å². The van der Waals surface area contributed by atoms with Crippen molar-refractivity contribution in [2.24, 2.45) is 0 Å². The number of hydrogen-bond acceptors (Lipinski definition) is 5.